The first-order valence-corrected chi connectivity index (χ1v) is 9.45. The second-order valence-corrected chi connectivity index (χ2v) is 6.96. The first-order valence-electron chi connectivity index (χ1n) is 9.45. The van der Waals surface area contributed by atoms with Crippen molar-refractivity contribution >= 4 is 46.7 Å². The smallest absolute Gasteiger partial charge is 0.191 e. The van der Waals surface area contributed by atoms with Crippen LogP contribution in [0.4, 0.5) is 10.2 Å². The van der Waals surface area contributed by atoms with Crippen LogP contribution in [0.1, 0.15) is 17.7 Å². The molecule has 4 rings (SSSR count). The van der Waals surface area contributed by atoms with Gasteiger partial charge in [-0.1, -0.05) is 18.2 Å². The lowest BCUT2D eigenvalue weighted by molar-refractivity contribution is 0.532. The summed E-state index contributed by atoms with van der Waals surface area (Å²) in [7, 11) is 1.74. The lowest BCUT2D eigenvalue weighted by atomic mass is 10.1. The largest absolute Gasteiger partial charge is 0.459 e. The summed E-state index contributed by atoms with van der Waals surface area (Å²) in [5.74, 6) is 1.72. The lowest BCUT2D eigenvalue weighted by Crippen LogP contribution is -2.44. The summed E-state index contributed by atoms with van der Waals surface area (Å²) in [6.45, 7) is 4.05. The van der Waals surface area contributed by atoms with Crippen molar-refractivity contribution in [3.8, 4) is 0 Å². The number of anilines is 1. The molecule has 3 heterocycles. The second kappa shape index (κ2) is 9.43. The molecule has 1 atom stereocenters. The number of fused-ring (bicyclic) bond motifs is 1. The monoisotopic (exact) mass is 509 g/mol. The van der Waals surface area contributed by atoms with E-state index in [2.05, 4.69) is 33.6 Å². The zero-order valence-corrected chi connectivity index (χ0v) is 18.8. The van der Waals surface area contributed by atoms with E-state index < -0.39 is 0 Å². The molecule has 0 bridgehead atoms. The molecule has 1 aliphatic rings. The number of benzene rings is 1. The van der Waals surface area contributed by atoms with Gasteiger partial charge in [-0.2, -0.15) is 0 Å². The number of aromatic nitrogens is 1. The van der Waals surface area contributed by atoms with Gasteiger partial charge in [0.15, 0.2) is 17.6 Å². The number of nitrogens with zero attached hydrogens (tertiary/aromatic N) is 3. The topological polar surface area (TPSA) is 65.7 Å². The number of furan rings is 1. The van der Waals surface area contributed by atoms with E-state index in [0.29, 0.717) is 24.9 Å². The summed E-state index contributed by atoms with van der Waals surface area (Å²) >= 11 is 0. The van der Waals surface area contributed by atoms with Crippen molar-refractivity contribution in [2.75, 3.05) is 25.0 Å². The minimum Gasteiger partial charge on any atom is -0.459 e. The van der Waals surface area contributed by atoms with Crippen molar-refractivity contribution in [1.29, 1.82) is 0 Å². The molecule has 2 aromatic heterocycles. The summed E-state index contributed by atoms with van der Waals surface area (Å²) in [5.41, 5.74) is 2.03. The zero-order chi connectivity index (χ0) is 19.5. The number of halogens is 2. The number of pyridine rings is 1. The highest BCUT2D eigenvalue weighted by atomic mass is 127. The Morgan fingerprint density at radius 3 is 2.90 bits per heavy atom. The third-order valence-electron chi connectivity index (χ3n) is 5.15. The minimum atomic E-state index is -0.286. The van der Waals surface area contributed by atoms with Crippen molar-refractivity contribution in [3.05, 3.63) is 59.7 Å². The van der Waals surface area contributed by atoms with Crippen LogP contribution in [0, 0.1) is 12.7 Å². The van der Waals surface area contributed by atoms with E-state index in [1.165, 1.54) is 6.07 Å². The average Bonchev–Trinajstić information content (AvgIpc) is 3.30. The Bertz CT molecular complexity index is 1010. The second-order valence-electron chi connectivity index (χ2n) is 6.96. The Labute approximate surface area is 186 Å². The molecule has 0 amide bonds. The van der Waals surface area contributed by atoms with Crippen molar-refractivity contribution in [1.82, 2.24) is 15.6 Å². The van der Waals surface area contributed by atoms with Crippen LogP contribution in [0.15, 0.2) is 52.0 Å². The summed E-state index contributed by atoms with van der Waals surface area (Å²) in [6, 6.07) is 11.2. The van der Waals surface area contributed by atoms with Gasteiger partial charge in [0.1, 0.15) is 11.3 Å². The minimum absolute atomic E-state index is 0. The molecule has 0 aliphatic carbocycles. The molecule has 154 valence electrons. The predicted octanol–water partition coefficient (Wildman–Crippen LogP) is 3.84. The van der Waals surface area contributed by atoms with E-state index in [0.717, 1.165) is 35.3 Å². The molecule has 1 fully saturated rings. The number of hydrogen-bond acceptors (Lipinski definition) is 4. The summed E-state index contributed by atoms with van der Waals surface area (Å²) in [5, 5.41) is 7.86. The third-order valence-corrected chi connectivity index (χ3v) is 5.15. The van der Waals surface area contributed by atoms with Crippen LogP contribution in [0.5, 0.6) is 0 Å². The van der Waals surface area contributed by atoms with Gasteiger partial charge >= 0.3 is 0 Å². The van der Waals surface area contributed by atoms with Gasteiger partial charge in [-0.3, -0.25) is 4.99 Å². The van der Waals surface area contributed by atoms with Gasteiger partial charge in [-0.25, -0.2) is 9.37 Å². The molecule has 29 heavy (non-hydrogen) atoms. The number of rotatable bonds is 4. The maximum absolute atomic E-state index is 14.0. The number of guanidine groups is 1. The van der Waals surface area contributed by atoms with Gasteiger partial charge in [-0.15, -0.1) is 24.0 Å². The van der Waals surface area contributed by atoms with E-state index in [1.54, 1.807) is 19.3 Å². The molecule has 1 unspecified atom stereocenters. The Hall–Kier alpha value is -2.36. The highest BCUT2D eigenvalue weighted by molar-refractivity contribution is 14.0. The SMILES string of the molecule is CN=C(NCc1oc2ccccc2c1C)NC1CCN(c2ncccc2F)C1.I. The number of hydrogen-bond donors (Lipinski definition) is 2. The van der Waals surface area contributed by atoms with Gasteiger partial charge in [0.25, 0.3) is 0 Å². The Morgan fingerprint density at radius 1 is 1.31 bits per heavy atom. The summed E-state index contributed by atoms with van der Waals surface area (Å²) in [4.78, 5) is 10.4. The Kier molecular flexibility index (Phi) is 6.94. The van der Waals surface area contributed by atoms with Crippen LogP contribution in [-0.4, -0.2) is 37.1 Å². The third kappa shape index (κ3) is 4.63. The van der Waals surface area contributed by atoms with Crippen molar-refractivity contribution in [2.24, 2.45) is 4.99 Å². The normalized spacial score (nSPS) is 16.7. The molecular weight excluding hydrogens is 484 g/mol. The van der Waals surface area contributed by atoms with Gasteiger partial charge in [0, 0.05) is 43.3 Å². The molecule has 8 heteroatoms. The van der Waals surface area contributed by atoms with Gasteiger partial charge < -0.3 is 20.0 Å². The molecule has 1 saturated heterocycles. The molecule has 0 saturated carbocycles. The number of nitrogens with one attached hydrogen (secondary N) is 2. The molecule has 0 spiro atoms. The zero-order valence-electron chi connectivity index (χ0n) is 16.5. The van der Waals surface area contributed by atoms with Gasteiger partial charge in [0.2, 0.25) is 0 Å². The fourth-order valence-corrected chi connectivity index (χ4v) is 3.63. The van der Waals surface area contributed by atoms with E-state index in [9.17, 15) is 4.39 Å². The number of para-hydroxylation sites is 1. The quantitative estimate of drug-likeness (QED) is 0.318. The fraction of sp³-hybridized carbons (Fsp3) is 0.333. The van der Waals surface area contributed by atoms with E-state index >= 15 is 0 Å². The molecule has 0 radical (unpaired) electrons. The molecular formula is C21H25FIN5O. The maximum atomic E-state index is 14.0. The first-order chi connectivity index (χ1) is 13.7. The predicted molar refractivity (Wildman–Crippen MR) is 125 cm³/mol. The highest BCUT2D eigenvalue weighted by Crippen LogP contribution is 2.25. The summed E-state index contributed by atoms with van der Waals surface area (Å²) in [6.07, 6.45) is 2.51. The van der Waals surface area contributed by atoms with Crippen LogP contribution in [0.3, 0.4) is 0 Å². The fourth-order valence-electron chi connectivity index (χ4n) is 3.63. The van der Waals surface area contributed by atoms with Crippen molar-refractivity contribution in [2.45, 2.75) is 25.9 Å². The first kappa shape index (κ1) is 21.4. The molecule has 3 aromatic rings. The summed E-state index contributed by atoms with van der Waals surface area (Å²) < 4.78 is 19.9. The van der Waals surface area contributed by atoms with Crippen LogP contribution >= 0.6 is 24.0 Å². The molecule has 2 N–H and O–H groups in total. The maximum Gasteiger partial charge on any atom is 0.191 e. The average molecular weight is 509 g/mol. The van der Waals surface area contributed by atoms with Crippen molar-refractivity contribution < 1.29 is 8.81 Å². The van der Waals surface area contributed by atoms with E-state index in [-0.39, 0.29) is 35.8 Å². The Morgan fingerprint density at radius 2 is 2.14 bits per heavy atom. The van der Waals surface area contributed by atoms with Crippen molar-refractivity contribution in [3.63, 3.8) is 0 Å². The Balaban J connectivity index is 0.00000240. The van der Waals surface area contributed by atoms with E-state index in [1.807, 2.05) is 23.1 Å². The standard InChI is InChI=1S/C21H24FN5O.HI/c1-14-16-6-3-4-8-18(16)28-19(14)12-25-21(23-2)26-15-9-11-27(13-15)20-17(22)7-5-10-24-20;/h3-8,10,15H,9,11-13H2,1-2H3,(H2,23,25,26);1H. The van der Waals surface area contributed by atoms with Gasteiger partial charge in [0.05, 0.1) is 6.54 Å². The molecule has 1 aliphatic heterocycles. The molecule has 6 nitrogen and oxygen atoms in total. The van der Waals surface area contributed by atoms with Crippen LogP contribution < -0.4 is 15.5 Å². The van der Waals surface area contributed by atoms with Crippen LogP contribution in [0.2, 0.25) is 0 Å². The number of aliphatic imine (C=N–C) groups is 1. The van der Waals surface area contributed by atoms with Crippen LogP contribution in [-0.2, 0) is 6.54 Å². The van der Waals surface area contributed by atoms with Crippen LogP contribution in [0.25, 0.3) is 11.0 Å². The number of aryl methyl sites for hydroxylation is 1. The van der Waals surface area contributed by atoms with Gasteiger partial charge in [-0.05, 0) is 31.5 Å². The van der Waals surface area contributed by atoms with E-state index in [4.69, 9.17) is 4.42 Å². The lowest BCUT2D eigenvalue weighted by Gasteiger charge is -2.19. The molecule has 1 aromatic carbocycles. The highest BCUT2D eigenvalue weighted by Gasteiger charge is 2.26.